The standard InChI is InChI=1S/C27H30FN5O4S/c1-16-4-2-5-17(14-16)11-12-33(27(36)24-21(29)22(25(30)34)32-38-24)23(18-7-9-19(28)10-8-18)26(35)31-15-20-6-3-13-37-20/h2,4-5,7-10,14,20,23H,3,6,11-13,15,29H2,1H3,(H2,30,34)(H,31,35)/t20-,23+/m1/s1. The molecule has 0 aliphatic carbocycles. The summed E-state index contributed by atoms with van der Waals surface area (Å²) < 4.78 is 23.4. The number of nitrogens with one attached hydrogen (secondary N) is 1. The van der Waals surface area contributed by atoms with E-state index in [0.29, 0.717) is 18.6 Å². The minimum Gasteiger partial charge on any atom is -0.395 e. The smallest absolute Gasteiger partial charge is 0.270 e. The Morgan fingerprint density at radius 3 is 2.63 bits per heavy atom. The lowest BCUT2D eigenvalue weighted by Gasteiger charge is -2.31. The van der Waals surface area contributed by atoms with Crippen LogP contribution >= 0.6 is 11.5 Å². The Hall–Kier alpha value is -3.83. The second kappa shape index (κ2) is 12.1. The van der Waals surface area contributed by atoms with Crippen molar-refractivity contribution in [1.82, 2.24) is 14.6 Å². The maximum Gasteiger partial charge on any atom is 0.270 e. The number of carbonyl (C=O) groups is 3. The second-order valence-electron chi connectivity index (χ2n) is 9.21. The van der Waals surface area contributed by atoms with Crippen molar-refractivity contribution < 1.29 is 23.5 Å². The largest absolute Gasteiger partial charge is 0.395 e. The first kappa shape index (κ1) is 27.2. The molecule has 1 aliphatic heterocycles. The number of nitrogens with two attached hydrogens (primary N) is 2. The van der Waals surface area contributed by atoms with Gasteiger partial charge in [0.2, 0.25) is 5.91 Å². The highest BCUT2D eigenvalue weighted by Crippen LogP contribution is 2.29. The lowest BCUT2D eigenvalue weighted by Crippen LogP contribution is -2.46. The average molecular weight is 540 g/mol. The highest BCUT2D eigenvalue weighted by molar-refractivity contribution is 7.09. The average Bonchev–Trinajstić information content (AvgIpc) is 3.55. The number of primary amides is 1. The lowest BCUT2D eigenvalue weighted by atomic mass is 10.0. The second-order valence-corrected chi connectivity index (χ2v) is 9.98. The van der Waals surface area contributed by atoms with Gasteiger partial charge in [-0.05, 0) is 61.0 Å². The Bertz CT molecular complexity index is 1310. The van der Waals surface area contributed by atoms with Crippen molar-refractivity contribution in [3.05, 3.63) is 81.6 Å². The fourth-order valence-corrected chi connectivity index (χ4v) is 5.22. The van der Waals surface area contributed by atoms with Gasteiger partial charge in [-0.15, -0.1) is 0 Å². The number of hydrogen-bond acceptors (Lipinski definition) is 7. The molecule has 2 heterocycles. The molecule has 1 saturated heterocycles. The number of benzene rings is 2. The zero-order valence-electron chi connectivity index (χ0n) is 21.0. The molecule has 3 amide bonds. The number of nitrogen functional groups attached to an aromatic ring is 1. The molecule has 2 aromatic carbocycles. The predicted molar refractivity (Wildman–Crippen MR) is 142 cm³/mol. The van der Waals surface area contributed by atoms with Gasteiger partial charge in [0, 0.05) is 19.7 Å². The van der Waals surface area contributed by atoms with Crippen LogP contribution in [0.4, 0.5) is 10.1 Å². The van der Waals surface area contributed by atoms with Crippen molar-refractivity contribution in [3.63, 3.8) is 0 Å². The Kier molecular flexibility index (Phi) is 8.70. The summed E-state index contributed by atoms with van der Waals surface area (Å²) in [6, 6.07) is 12.2. The Labute approximate surface area is 224 Å². The van der Waals surface area contributed by atoms with Crippen LogP contribution in [0.3, 0.4) is 0 Å². The van der Waals surface area contributed by atoms with E-state index in [4.69, 9.17) is 16.2 Å². The number of anilines is 1. The van der Waals surface area contributed by atoms with Gasteiger partial charge in [-0.1, -0.05) is 42.0 Å². The van der Waals surface area contributed by atoms with Gasteiger partial charge in [0.1, 0.15) is 16.7 Å². The molecule has 0 unspecified atom stereocenters. The van der Waals surface area contributed by atoms with Crippen molar-refractivity contribution in [1.29, 1.82) is 0 Å². The van der Waals surface area contributed by atoms with Crippen molar-refractivity contribution in [3.8, 4) is 0 Å². The predicted octanol–water partition coefficient (Wildman–Crippen LogP) is 2.99. The Morgan fingerprint density at radius 1 is 1.24 bits per heavy atom. The summed E-state index contributed by atoms with van der Waals surface area (Å²) in [6.45, 7) is 3.03. The zero-order chi connectivity index (χ0) is 27.2. The third-order valence-corrected chi connectivity index (χ3v) is 7.27. The van der Waals surface area contributed by atoms with E-state index >= 15 is 0 Å². The van der Waals surface area contributed by atoms with Crippen LogP contribution < -0.4 is 16.8 Å². The summed E-state index contributed by atoms with van der Waals surface area (Å²) >= 11 is 0.747. The summed E-state index contributed by atoms with van der Waals surface area (Å²) in [5.41, 5.74) is 13.6. The number of rotatable bonds is 10. The van der Waals surface area contributed by atoms with Gasteiger partial charge in [-0.25, -0.2) is 4.39 Å². The summed E-state index contributed by atoms with van der Waals surface area (Å²) in [7, 11) is 0. The number of amides is 3. The molecule has 0 saturated carbocycles. The van der Waals surface area contributed by atoms with E-state index in [9.17, 15) is 18.8 Å². The molecule has 0 bridgehead atoms. The Morgan fingerprint density at radius 2 is 2.00 bits per heavy atom. The third kappa shape index (κ3) is 6.35. The minimum absolute atomic E-state index is 0.00193. The molecule has 11 heteroatoms. The number of ether oxygens (including phenoxy) is 1. The molecule has 2 atom stereocenters. The molecule has 5 N–H and O–H groups in total. The van der Waals surface area contributed by atoms with E-state index in [1.54, 1.807) is 0 Å². The van der Waals surface area contributed by atoms with Gasteiger partial charge in [0.15, 0.2) is 5.69 Å². The van der Waals surface area contributed by atoms with Crippen molar-refractivity contribution in [2.75, 3.05) is 25.4 Å². The monoisotopic (exact) mass is 539 g/mol. The van der Waals surface area contributed by atoms with Crippen molar-refractivity contribution >= 4 is 34.9 Å². The molecule has 200 valence electrons. The highest BCUT2D eigenvalue weighted by atomic mass is 32.1. The molecular weight excluding hydrogens is 509 g/mol. The van der Waals surface area contributed by atoms with Crippen molar-refractivity contribution in [2.45, 2.75) is 38.3 Å². The van der Waals surface area contributed by atoms with E-state index in [0.717, 1.165) is 35.5 Å². The summed E-state index contributed by atoms with van der Waals surface area (Å²) in [5, 5.41) is 2.90. The van der Waals surface area contributed by atoms with E-state index in [1.165, 1.54) is 29.2 Å². The van der Waals surface area contributed by atoms with Gasteiger partial charge in [-0.3, -0.25) is 14.4 Å². The molecule has 0 spiro atoms. The topological polar surface area (TPSA) is 141 Å². The van der Waals surface area contributed by atoms with E-state index in [-0.39, 0.29) is 35.5 Å². The number of halogens is 1. The zero-order valence-corrected chi connectivity index (χ0v) is 21.8. The molecule has 0 radical (unpaired) electrons. The van der Waals surface area contributed by atoms with Crippen molar-refractivity contribution in [2.24, 2.45) is 5.73 Å². The van der Waals surface area contributed by atoms with E-state index in [1.807, 2.05) is 31.2 Å². The van der Waals surface area contributed by atoms with Crippen LogP contribution in [0.2, 0.25) is 0 Å². The Balaban J connectivity index is 1.71. The maximum atomic E-state index is 13.9. The molecule has 9 nitrogen and oxygen atoms in total. The molecule has 38 heavy (non-hydrogen) atoms. The number of aromatic nitrogens is 1. The van der Waals surface area contributed by atoms with Gasteiger partial charge >= 0.3 is 0 Å². The molecular formula is C27H30FN5O4S. The molecule has 4 rings (SSSR count). The lowest BCUT2D eigenvalue weighted by molar-refractivity contribution is -0.126. The molecule has 1 aromatic heterocycles. The van der Waals surface area contributed by atoms with E-state index < -0.39 is 29.6 Å². The van der Waals surface area contributed by atoms with Crippen LogP contribution in [0.1, 0.15) is 55.7 Å². The molecule has 1 fully saturated rings. The normalized spacial score (nSPS) is 15.7. The van der Waals surface area contributed by atoms with Crippen LogP contribution in [-0.4, -0.2) is 52.8 Å². The first-order valence-corrected chi connectivity index (χ1v) is 13.1. The number of aryl methyl sites for hydroxylation is 1. The fourth-order valence-electron chi connectivity index (χ4n) is 4.46. The summed E-state index contributed by atoms with van der Waals surface area (Å²) in [4.78, 5) is 40.7. The molecule has 1 aliphatic rings. The van der Waals surface area contributed by atoms with E-state index in [2.05, 4.69) is 9.69 Å². The van der Waals surface area contributed by atoms with Gasteiger partial charge in [0.25, 0.3) is 11.8 Å². The van der Waals surface area contributed by atoms with Crippen LogP contribution in [0.5, 0.6) is 0 Å². The van der Waals surface area contributed by atoms with Crippen LogP contribution in [0.25, 0.3) is 0 Å². The van der Waals surface area contributed by atoms with Crippen LogP contribution in [0, 0.1) is 12.7 Å². The maximum absolute atomic E-state index is 13.9. The number of carbonyl (C=O) groups excluding carboxylic acids is 3. The summed E-state index contributed by atoms with van der Waals surface area (Å²) in [6.07, 6.45) is 2.06. The third-order valence-electron chi connectivity index (χ3n) is 6.41. The quantitative estimate of drug-likeness (QED) is 0.362. The summed E-state index contributed by atoms with van der Waals surface area (Å²) in [5.74, 6) is -2.35. The first-order chi connectivity index (χ1) is 18.2. The fraction of sp³-hybridized carbons (Fsp3) is 0.333. The van der Waals surface area contributed by atoms with Gasteiger partial charge in [0.05, 0.1) is 11.8 Å². The number of hydrogen-bond donors (Lipinski definition) is 3. The first-order valence-electron chi connectivity index (χ1n) is 12.3. The minimum atomic E-state index is -1.10. The van der Waals surface area contributed by atoms with Crippen LogP contribution in [0.15, 0.2) is 48.5 Å². The van der Waals surface area contributed by atoms with Crippen LogP contribution in [-0.2, 0) is 16.0 Å². The van der Waals surface area contributed by atoms with Gasteiger partial charge in [-0.2, -0.15) is 4.37 Å². The highest BCUT2D eigenvalue weighted by Gasteiger charge is 2.35. The number of nitrogens with zero attached hydrogens (tertiary/aromatic N) is 2. The molecule has 3 aromatic rings. The van der Waals surface area contributed by atoms with Gasteiger partial charge < -0.3 is 26.4 Å². The SMILES string of the molecule is Cc1cccc(CCN(C(=O)c2snc(C(N)=O)c2N)[C@H](C(=O)NC[C@H]2CCCO2)c2ccc(F)cc2)c1.